The Labute approximate surface area is 165 Å². The van der Waals surface area contributed by atoms with Crippen molar-refractivity contribution in [3.05, 3.63) is 71.8 Å². The van der Waals surface area contributed by atoms with Crippen LogP contribution in [0.25, 0.3) is 5.57 Å². The maximum atomic E-state index is 10.9. The third-order valence-electron chi connectivity index (χ3n) is 4.60. The molecule has 0 saturated heterocycles. The topological polar surface area (TPSA) is 80.0 Å². The molecule has 0 atom stereocenters. The molecule has 0 radical (unpaired) electrons. The van der Waals surface area contributed by atoms with E-state index < -0.39 is 5.91 Å². The number of benzene rings is 2. The van der Waals surface area contributed by atoms with Gasteiger partial charge in [-0.3, -0.25) is 9.79 Å². The van der Waals surface area contributed by atoms with Crippen LogP contribution in [0.3, 0.4) is 0 Å². The summed E-state index contributed by atoms with van der Waals surface area (Å²) < 4.78 is 5.36. The van der Waals surface area contributed by atoms with Crippen molar-refractivity contribution in [1.82, 2.24) is 10.2 Å². The van der Waals surface area contributed by atoms with Crippen molar-refractivity contribution < 1.29 is 9.53 Å². The Morgan fingerprint density at radius 2 is 2.04 bits per heavy atom. The van der Waals surface area contributed by atoms with Gasteiger partial charge >= 0.3 is 0 Å². The smallest absolute Gasteiger partial charge is 0.255 e. The van der Waals surface area contributed by atoms with Crippen molar-refractivity contribution >= 4 is 17.4 Å². The highest BCUT2D eigenvalue weighted by atomic mass is 16.5. The van der Waals surface area contributed by atoms with Crippen molar-refractivity contribution in [2.24, 2.45) is 10.7 Å². The van der Waals surface area contributed by atoms with E-state index in [4.69, 9.17) is 10.5 Å². The summed E-state index contributed by atoms with van der Waals surface area (Å²) in [6.07, 6.45) is 3.26. The summed E-state index contributed by atoms with van der Waals surface area (Å²) >= 11 is 0. The molecule has 6 heteroatoms. The molecule has 0 bridgehead atoms. The summed E-state index contributed by atoms with van der Waals surface area (Å²) in [4.78, 5) is 17.5. The Bertz CT molecular complexity index is 862. The second kappa shape index (κ2) is 9.60. The number of ether oxygens (including phenoxy) is 1. The SMILES string of the molecule is CN=C(NCc1cccc(OCC(N)=O)c1)N1CC=C(c2ccccc2)CC1. The fourth-order valence-electron chi connectivity index (χ4n) is 3.19. The molecular formula is C22H26N4O2. The summed E-state index contributed by atoms with van der Waals surface area (Å²) in [5.74, 6) is 1.00. The average molecular weight is 378 g/mol. The Kier molecular flexibility index (Phi) is 6.68. The van der Waals surface area contributed by atoms with Crippen LogP contribution in [-0.4, -0.2) is 43.5 Å². The van der Waals surface area contributed by atoms with Crippen LogP contribution >= 0.6 is 0 Å². The predicted molar refractivity (Wildman–Crippen MR) is 112 cm³/mol. The first kappa shape index (κ1) is 19.5. The molecule has 28 heavy (non-hydrogen) atoms. The van der Waals surface area contributed by atoms with E-state index in [0.717, 1.165) is 31.0 Å². The maximum Gasteiger partial charge on any atom is 0.255 e. The van der Waals surface area contributed by atoms with Crippen LogP contribution in [0.1, 0.15) is 17.5 Å². The summed E-state index contributed by atoms with van der Waals surface area (Å²) in [6.45, 7) is 2.24. The van der Waals surface area contributed by atoms with Crippen molar-refractivity contribution in [3.8, 4) is 5.75 Å². The van der Waals surface area contributed by atoms with Crippen LogP contribution in [-0.2, 0) is 11.3 Å². The van der Waals surface area contributed by atoms with Gasteiger partial charge in [-0.2, -0.15) is 0 Å². The quantitative estimate of drug-likeness (QED) is 0.598. The van der Waals surface area contributed by atoms with Gasteiger partial charge in [0.25, 0.3) is 5.91 Å². The van der Waals surface area contributed by atoms with E-state index in [0.29, 0.717) is 12.3 Å². The second-order valence-electron chi connectivity index (χ2n) is 6.59. The minimum Gasteiger partial charge on any atom is -0.484 e. The zero-order valence-corrected chi connectivity index (χ0v) is 16.1. The number of aliphatic imine (C=N–C) groups is 1. The van der Waals surface area contributed by atoms with Gasteiger partial charge in [0.05, 0.1) is 0 Å². The predicted octanol–water partition coefficient (Wildman–Crippen LogP) is 2.42. The molecule has 3 rings (SSSR count). The number of nitrogens with one attached hydrogen (secondary N) is 1. The number of rotatable bonds is 6. The van der Waals surface area contributed by atoms with E-state index in [1.165, 1.54) is 11.1 Å². The average Bonchev–Trinajstić information content (AvgIpc) is 2.74. The van der Waals surface area contributed by atoms with Gasteiger partial charge in [0, 0.05) is 26.7 Å². The molecule has 1 heterocycles. The molecule has 0 unspecified atom stereocenters. The lowest BCUT2D eigenvalue weighted by molar-refractivity contribution is -0.119. The number of primary amides is 1. The zero-order valence-electron chi connectivity index (χ0n) is 16.1. The number of amides is 1. The van der Waals surface area contributed by atoms with E-state index in [2.05, 4.69) is 45.6 Å². The Hall–Kier alpha value is -3.28. The van der Waals surface area contributed by atoms with Crippen molar-refractivity contribution in [3.63, 3.8) is 0 Å². The fraction of sp³-hybridized carbons (Fsp3) is 0.273. The summed E-state index contributed by atoms with van der Waals surface area (Å²) in [5.41, 5.74) is 8.84. The highest BCUT2D eigenvalue weighted by molar-refractivity contribution is 5.81. The molecule has 1 aliphatic heterocycles. The Morgan fingerprint density at radius 3 is 2.71 bits per heavy atom. The van der Waals surface area contributed by atoms with Gasteiger partial charge in [0.2, 0.25) is 0 Å². The molecular weight excluding hydrogens is 352 g/mol. The molecule has 0 saturated carbocycles. The first-order chi connectivity index (χ1) is 13.7. The lowest BCUT2D eigenvalue weighted by Gasteiger charge is -2.30. The maximum absolute atomic E-state index is 10.9. The van der Waals surface area contributed by atoms with Gasteiger partial charge in [-0.1, -0.05) is 48.5 Å². The number of nitrogens with two attached hydrogens (primary N) is 1. The van der Waals surface area contributed by atoms with Gasteiger partial charge in [0.15, 0.2) is 12.6 Å². The zero-order chi connectivity index (χ0) is 19.8. The van der Waals surface area contributed by atoms with Crippen molar-refractivity contribution in [2.75, 3.05) is 26.7 Å². The third kappa shape index (κ3) is 5.36. The molecule has 0 fully saturated rings. The highest BCUT2D eigenvalue weighted by Crippen LogP contribution is 2.22. The number of carbonyl (C=O) groups is 1. The molecule has 1 amide bonds. The molecule has 0 aromatic heterocycles. The molecule has 2 aromatic rings. The van der Waals surface area contributed by atoms with Crippen molar-refractivity contribution in [1.29, 1.82) is 0 Å². The number of hydrogen-bond acceptors (Lipinski definition) is 3. The first-order valence-electron chi connectivity index (χ1n) is 9.36. The minimum absolute atomic E-state index is 0.123. The van der Waals surface area contributed by atoms with E-state index in [9.17, 15) is 4.79 Å². The lowest BCUT2D eigenvalue weighted by atomic mass is 10.00. The number of nitrogens with zero attached hydrogens (tertiary/aromatic N) is 2. The first-order valence-corrected chi connectivity index (χ1v) is 9.36. The standard InChI is InChI=1S/C22H26N4O2/c1-24-22(25-15-17-6-5-9-20(14-17)28-16-21(23)27)26-12-10-19(11-13-26)18-7-3-2-4-8-18/h2-10,14H,11-13,15-16H2,1H3,(H2,23,27)(H,24,25). The van der Waals surface area contributed by atoms with Gasteiger partial charge in [-0.15, -0.1) is 0 Å². The molecule has 3 N–H and O–H groups in total. The number of carbonyl (C=O) groups excluding carboxylic acids is 1. The summed E-state index contributed by atoms with van der Waals surface area (Å²) in [7, 11) is 1.80. The van der Waals surface area contributed by atoms with Crippen LogP contribution in [0.4, 0.5) is 0 Å². The Balaban J connectivity index is 1.56. The second-order valence-corrected chi connectivity index (χ2v) is 6.59. The van der Waals surface area contributed by atoms with Gasteiger partial charge < -0.3 is 20.7 Å². The Morgan fingerprint density at radius 1 is 1.21 bits per heavy atom. The van der Waals surface area contributed by atoms with E-state index in [1.54, 1.807) is 7.05 Å². The summed E-state index contributed by atoms with van der Waals surface area (Å²) in [6, 6.07) is 18.1. The van der Waals surface area contributed by atoms with Gasteiger partial charge in [0.1, 0.15) is 5.75 Å². The fourth-order valence-corrected chi connectivity index (χ4v) is 3.19. The molecule has 2 aromatic carbocycles. The van der Waals surface area contributed by atoms with Crippen LogP contribution in [0.15, 0.2) is 65.7 Å². The van der Waals surface area contributed by atoms with Crippen LogP contribution in [0.5, 0.6) is 5.75 Å². The molecule has 0 aliphatic carbocycles. The van der Waals surface area contributed by atoms with Gasteiger partial charge in [-0.05, 0) is 35.3 Å². The number of guanidine groups is 1. The molecule has 146 valence electrons. The largest absolute Gasteiger partial charge is 0.484 e. The van der Waals surface area contributed by atoms with Crippen LogP contribution < -0.4 is 15.8 Å². The monoisotopic (exact) mass is 378 g/mol. The molecule has 6 nitrogen and oxygen atoms in total. The van der Waals surface area contributed by atoms with Gasteiger partial charge in [-0.25, -0.2) is 0 Å². The van der Waals surface area contributed by atoms with Crippen molar-refractivity contribution in [2.45, 2.75) is 13.0 Å². The normalized spacial score (nSPS) is 14.4. The van der Waals surface area contributed by atoms with E-state index >= 15 is 0 Å². The third-order valence-corrected chi connectivity index (χ3v) is 4.60. The number of hydrogen-bond donors (Lipinski definition) is 2. The highest BCUT2D eigenvalue weighted by Gasteiger charge is 2.16. The van der Waals surface area contributed by atoms with E-state index in [-0.39, 0.29) is 6.61 Å². The van der Waals surface area contributed by atoms with E-state index in [1.807, 2.05) is 30.3 Å². The molecule has 0 spiro atoms. The lowest BCUT2D eigenvalue weighted by Crippen LogP contribution is -2.43. The minimum atomic E-state index is -0.489. The van der Waals surface area contributed by atoms with Crippen LogP contribution in [0.2, 0.25) is 0 Å². The van der Waals surface area contributed by atoms with Crippen LogP contribution in [0, 0.1) is 0 Å². The molecule has 1 aliphatic rings. The summed E-state index contributed by atoms with van der Waals surface area (Å²) in [5, 5.41) is 3.40.